The van der Waals surface area contributed by atoms with Gasteiger partial charge in [0.1, 0.15) is 5.65 Å². The third-order valence-corrected chi connectivity index (χ3v) is 7.91. The van der Waals surface area contributed by atoms with E-state index in [-0.39, 0.29) is 0 Å². The monoisotopic (exact) mass is 446 g/mol. The lowest BCUT2D eigenvalue weighted by atomic mass is 9.98. The molecule has 3 aromatic carbocycles. The van der Waals surface area contributed by atoms with Gasteiger partial charge in [0.2, 0.25) is 0 Å². The van der Waals surface area contributed by atoms with Crippen LogP contribution < -0.4 is 0 Å². The third kappa shape index (κ3) is 2.20. The average molecular weight is 447 g/mol. The molecule has 4 heterocycles. The summed E-state index contributed by atoms with van der Waals surface area (Å²) in [7, 11) is 0. The molecular weight excluding hydrogens is 428 g/mol. The molecule has 0 spiro atoms. The van der Waals surface area contributed by atoms with Crippen molar-refractivity contribution in [2.75, 3.05) is 0 Å². The van der Waals surface area contributed by atoms with Crippen LogP contribution in [0.25, 0.3) is 60.7 Å². The molecule has 0 aliphatic heterocycles. The van der Waals surface area contributed by atoms with E-state index in [1.165, 1.54) is 44.5 Å². The smallest absolute Gasteiger partial charge is 0.148 e. The van der Waals surface area contributed by atoms with Gasteiger partial charge in [0.25, 0.3) is 0 Å². The Labute approximate surface area is 200 Å². The second-order valence-electron chi connectivity index (χ2n) is 9.74. The van der Waals surface area contributed by atoms with Crippen molar-refractivity contribution in [3.63, 3.8) is 0 Å². The first kappa shape index (κ1) is 17.8. The summed E-state index contributed by atoms with van der Waals surface area (Å²) in [4.78, 5) is 14.3. The molecule has 35 heavy (non-hydrogen) atoms. The summed E-state index contributed by atoms with van der Waals surface area (Å²) >= 11 is 0. The Bertz CT molecular complexity index is 2070. The molecule has 9 rings (SSSR count). The first-order valence-electron chi connectivity index (χ1n) is 12.0. The lowest BCUT2D eigenvalue weighted by Gasteiger charge is -2.08. The second kappa shape index (κ2) is 6.10. The first-order valence-corrected chi connectivity index (χ1v) is 12.0. The highest BCUT2D eigenvalue weighted by Gasteiger charge is 2.26. The fraction of sp³-hybridized carbons (Fsp3) is 0.0645. The summed E-state index contributed by atoms with van der Waals surface area (Å²) in [6.45, 7) is 0. The van der Waals surface area contributed by atoms with Gasteiger partial charge in [-0.2, -0.15) is 0 Å². The van der Waals surface area contributed by atoms with Gasteiger partial charge in [0.15, 0.2) is 0 Å². The molecule has 4 nitrogen and oxygen atoms in total. The van der Waals surface area contributed by atoms with Crippen molar-refractivity contribution in [2.45, 2.75) is 12.8 Å². The van der Waals surface area contributed by atoms with Gasteiger partial charge >= 0.3 is 0 Å². The molecule has 2 aliphatic carbocycles. The maximum Gasteiger partial charge on any atom is 0.148 e. The van der Waals surface area contributed by atoms with Crippen LogP contribution >= 0.6 is 0 Å². The normalized spacial score (nSPS) is 13.5. The molecule has 0 atom stereocenters. The third-order valence-electron chi connectivity index (χ3n) is 7.91. The molecular formula is C31H18N4. The molecule has 0 saturated carbocycles. The number of hydrogen-bond acceptors (Lipinski definition) is 3. The lowest BCUT2D eigenvalue weighted by molar-refractivity contribution is 1.21. The predicted molar refractivity (Wildman–Crippen MR) is 140 cm³/mol. The van der Waals surface area contributed by atoms with Gasteiger partial charge in [-0.05, 0) is 93.7 Å². The Balaban J connectivity index is 1.35. The number of aromatic nitrogens is 4. The fourth-order valence-electron chi connectivity index (χ4n) is 6.39. The van der Waals surface area contributed by atoms with Crippen LogP contribution in [-0.4, -0.2) is 19.4 Å². The van der Waals surface area contributed by atoms with Crippen LogP contribution in [0.3, 0.4) is 0 Å². The summed E-state index contributed by atoms with van der Waals surface area (Å²) in [5.41, 5.74) is 16.2. The average Bonchev–Trinajstić information content (AvgIpc) is 3.56. The van der Waals surface area contributed by atoms with E-state index < -0.39 is 0 Å². The van der Waals surface area contributed by atoms with Crippen LogP contribution in [0.15, 0.2) is 85.3 Å². The Morgan fingerprint density at radius 2 is 1.46 bits per heavy atom. The largest absolute Gasteiger partial charge is 0.290 e. The summed E-state index contributed by atoms with van der Waals surface area (Å²) in [5, 5.41) is 2.17. The molecule has 0 radical (unpaired) electrons. The molecule has 0 fully saturated rings. The summed E-state index contributed by atoms with van der Waals surface area (Å²) in [6.07, 6.45) is 7.62. The highest BCUT2D eigenvalue weighted by atomic mass is 15.0. The minimum atomic E-state index is 0.940. The molecule has 2 aliphatic rings. The van der Waals surface area contributed by atoms with E-state index in [4.69, 9.17) is 9.97 Å². The van der Waals surface area contributed by atoms with E-state index in [9.17, 15) is 0 Å². The summed E-state index contributed by atoms with van der Waals surface area (Å²) < 4.78 is 2.27. The maximum atomic E-state index is 5.15. The SMILES string of the molecule is c1ccc2c(c1)Cc1cc3c(cc1-2)-c1cc2nc4c5cccnc5c5ccncc5n4c2cc1C3. The number of benzene rings is 3. The summed E-state index contributed by atoms with van der Waals surface area (Å²) in [6, 6.07) is 24.5. The minimum Gasteiger partial charge on any atom is -0.290 e. The number of pyridine rings is 3. The molecule has 7 aromatic rings. The summed E-state index contributed by atoms with van der Waals surface area (Å²) in [5.74, 6) is 0. The van der Waals surface area contributed by atoms with Crippen LogP contribution in [0.1, 0.15) is 22.3 Å². The van der Waals surface area contributed by atoms with Crippen LogP contribution in [-0.2, 0) is 12.8 Å². The van der Waals surface area contributed by atoms with Crippen molar-refractivity contribution in [2.24, 2.45) is 0 Å². The molecule has 0 amide bonds. The zero-order valence-electron chi connectivity index (χ0n) is 18.8. The molecule has 0 saturated heterocycles. The van der Waals surface area contributed by atoms with Gasteiger partial charge in [-0.25, -0.2) is 4.98 Å². The Hall–Kier alpha value is -4.57. The number of rotatable bonds is 0. The molecule has 0 unspecified atom stereocenters. The van der Waals surface area contributed by atoms with Gasteiger partial charge in [-0.1, -0.05) is 30.3 Å². The van der Waals surface area contributed by atoms with Crippen LogP contribution in [0.5, 0.6) is 0 Å². The zero-order chi connectivity index (χ0) is 22.7. The number of fused-ring (bicyclic) bond motifs is 14. The highest BCUT2D eigenvalue weighted by molar-refractivity contribution is 6.12. The highest BCUT2D eigenvalue weighted by Crippen LogP contribution is 2.46. The van der Waals surface area contributed by atoms with Crippen molar-refractivity contribution in [1.82, 2.24) is 19.4 Å². The van der Waals surface area contributed by atoms with Crippen LogP contribution in [0, 0.1) is 0 Å². The molecule has 4 aromatic heterocycles. The van der Waals surface area contributed by atoms with Crippen molar-refractivity contribution in [3.8, 4) is 22.3 Å². The number of hydrogen-bond donors (Lipinski definition) is 0. The van der Waals surface area contributed by atoms with E-state index in [2.05, 4.69) is 70.0 Å². The van der Waals surface area contributed by atoms with Crippen LogP contribution in [0.2, 0.25) is 0 Å². The maximum absolute atomic E-state index is 5.15. The van der Waals surface area contributed by atoms with Crippen LogP contribution in [0.4, 0.5) is 0 Å². The quantitative estimate of drug-likeness (QED) is 0.243. The van der Waals surface area contributed by atoms with Crippen molar-refractivity contribution in [1.29, 1.82) is 0 Å². The van der Waals surface area contributed by atoms with Crippen molar-refractivity contribution < 1.29 is 0 Å². The van der Waals surface area contributed by atoms with E-state index in [0.717, 1.165) is 51.3 Å². The van der Waals surface area contributed by atoms with E-state index in [1.807, 2.05) is 24.7 Å². The second-order valence-corrected chi connectivity index (χ2v) is 9.74. The Kier molecular flexibility index (Phi) is 3.11. The molecule has 162 valence electrons. The van der Waals surface area contributed by atoms with E-state index in [0.29, 0.717) is 0 Å². The molecule has 0 N–H and O–H groups in total. The van der Waals surface area contributed by atoms with Crippen molar-refractivity contribution in [3.05, 3.63) is 108 Å². The zero-order valence-corrected chi connectivity index (χ0v) is 18.8. The van der Waals surface area contributed by atoms with Gasteiger partial charge in [-0.15, -0.1) is 0 Å². The molecule has 4 heteroatoms. The fourth-order valence-corrected chi connectivity index (χ4v) is 6.39. The first-order chi connectivity index (χ1) is 17.3. The van der Waals surface area contributed by atoms with Gasteiger partial charge in [-0.3, -0.25) is 14.4 Å². The van der Waals surface area contributed by atoms with E-state index in [1.54, 1.807) is 0 Å². The topological polar surface area (TPSA) is 43.1 Å². The predicted octanol–water partition coefficient (Wildman–Crippen LogP) is 6.73. The van der Waals surface area contributed by atoms with E-state index >= 15 is 0 Å². The standard InChI is InChI=1S/C31H18N4/c1-2-5-21-17(4-1)10-18-11-19-12-20-13-28-27(15-26(20)25(19)14-24(18)21)34-31-23-6-3-8-33-30(23)22-7-9-32-16-29(22)35(28)31/h1-9,11,13-16H,10,12H2. The Morgan fingerprint density at radius 1 is 0.629 bits per heavy atom. The van der Waals surface area contributed by atoms with Gasteiger partial charge in [0, 0.05) is 23.2 Å². The minimum absolute atomic E-state index is 0.940. The van der Waals surface area contributed by atoms with Crippen molar-refractivity contribution >= 4 is 38.5 Å². The molecule has 0 bridgehead atoms. The lowest BCUT2D eigenvalue weighted by Crippen LogP contribution is -1.93. The van der Waals surface area contributed by atoms with Gasteiger partial charge < -0.3 is 0 Å². The number of imidazole rings is 1. The number of nitrogens with zero attached hydrogens (tertiary/aromatic N) is 4. The Morgan fingerprint density at radius 3 is 2.43 bits per heavy atom. The van der Waals surface area contributed by atoms with Gasteiger partial charge in [0.05, 0.1) is 28.3 Å².